The highest BCUT2D eigenvalue weighted by Gasteiger charge is 2.07. The Kier molecular flexibility index (Phi) is 2.70. The predicted molar refractivity (Wildman–Crippen MR) is 63.8 cm³/mol. The average molecular weight is 221 g/mol. The Morgan fingerprint density at radius 2 is 2.25 bits per heavy atom. The lowest BCUT2D eigenvalue weighted by molar-refractivity contribution is 0.528. The zero-order valence-corrected chi connectivity index (χ0v) is 9.65. The fraction of sp³-hybridized carbons (Fsp3) is 0.364. The minimum atomic E-state index is -0.330. The lowest BCUT2D eigenvalue weighted by Gasteiger charge is -2.18. The van der Waals surface area contributed by atoms with Crippen molar-refractivity contribution in [3.63, 3.8) is 0 Å². The summed E-state index contributed by atoms with van der Waals surface area (Å²) in [5.41, 5.74) is 2.47. The number of oxazole rings is 1. The summed E-state index contributed by atoms with van der Waals surface area (Å²) in [4.78, 5) is 13.4. The van der Waals surface area contributed by atoms with E-state index in [4.69, 9.17) is 4.42 Å². The molecular formula is C11H15N3O2. The first-order chi connectivity index (χ1) is 7.63. The number of hydrogen-bond acceptors (Lipinski definition) is 4. The minimum Gasteiger partial charge on any atom is -0.408 e. The Bertz CT molecular complexity index is 556. The summed E-state index contributed by atoms with van der Waals surface area (Å²) in [6.07, 6.45) is 0. The van der Waals surface area contributed by atoms with Gasteiger partial charge in [-0.05, 0) is 25.2 Å². The Morgan fingerprint density at radius 1 is 1.50 bits per heavy atom. The molecule has 0 fully saturated rings. The molecule has 16 heavy (non-hydrogen) atoms. The van der Waals surface area contributed by atoms with Crippen molar-refractivity contribution in [3.8, 4) is 0 Å². The highest BCUT2D eigenvalue weighted by molar-refractivity contribution is 5.77. The molecular weight excluding hydrogens is 206 g/mol. The van der Waals surface area contributed by atoms with Crippen molar-refractivity contribution in [2.45, 2.75) is 0 Å². The molecule has 0 atom stereocenters. The summed E-state index contributed by atoms with van der Waals surface area (Å²) in [7, 11) is 5.58. The summed E-state index contributed by atoms with van der Waals surface area (Å²) in [6, 6.07) is 5.69. The second kappa shape index (κ2) is 4.02. The molecule has 86 valence electrons. The molecule has 0 spiro atoms. The molecule has 0 bridgehead atoms. The Labute approximate surface area is 93.3 Å². The molecule has 0 saturated heterocycles. The molecule has 1 heterocycles. The van der Waals surface area contributed by atoms with Gasteiger partial charge in [0.25, 0.3) is 0 Å². The van der Waals surface area contributed by atoms with E-state index in [1.807, 2.05) is 32.3 Å². The molecule has 5 nitrogen and oxygen atoms in total. The van der Waals surface area contributed by atoms with Crippen LogP contribution in [0.1, 0.15) is 0 Å². The normalized spacial score (nSPS) is 10.9. The van der Waals surface area contributed by atoms with Gasteiger partial charge in [0.05, 0.1) is 12.2 Å². The third kappa shape index (κ3) is 1.69. The molecule has 2 rings (SSSR count). The quantitative estimate of drug-likeness (QED) is 0.777. The molecule has 0 aliphatic carbocycles. The van der Waals surface area contributed by atoms with Gasteiger partial charge in [-0.25, -0.2) is 4.79 Å². The SMILES string of the molecule is CNCN(C)c1ccc2oc(=O)n(C)c2c1. The summed E-state index contributed by atoms with van der Waals surface area (Å²) in [5.74, 6) is -0.330. The van der Waals surface area contributed by atoms with Crippen LogP contribution in [0.15, 0.2) is 27.4 Å². The first-order valence-corrected chi connectivity index (χ1v) is 5.09. The topological polar surface area (TPSA) is 50.4 Å². The third-order valence-corrected chi connectivity index (χ3v) is 2.61. The van der Waals surface area contributed by atoms with Crippen LogP contribution in [0.25, 0.3) is 11.1 Å². The van der Waals surface area contributed by atoms with E-state index >= 15 is 0 Å². The van der Waals surface area contributed by atoms with Crippen LogP contribution in [-0.4, -0.2) is 25.3 Å². The average Bonchev–Trinajstić information content (AvgIpc) is 2.55. The molecule has 1 aromatic heterocycles. The van der Waals surface area contributed by atoms with Gasteiger partial charge in [0.1, 0.15) is 0 Å². The standard InChI is InChI=1S/C11H15N3O2/c1-12-7-13(2)8-4-5-10-9(6-8)14(3)11(15)16-10/h4-6,12H,7H2,1-3H3. The number of benzene rings is 1. The maximum Gasteiger partial charge on any atom is 0.419 e. The number of nitrogens with zero attached hydrogens (tertiary/aromatic N) is 2. The molecule has 0 amide bonds. The van der Waals surface area contributed by atoms with E-state index in [1.54, 1.807) is 7.05 Å². The number of aryl methyl sites for hydroxylation is 1. The van der Waals surface area contributed by atoms with Crippen LogP contribution in [0.4, 0.5) is 5.69 Å². The van der Waals surface area contributed by atoms with Crippen LogP contribution in [0.3, 0.4) is 0 Å². The lowest BCUT2D eigenvalue weighted by Crippen LogP contribution is -2.28. The van der Waals surface area contributed by atoms with E-state index in [2.05, 4.69) is 10.2 Å². The highest BCUT2D eigenvalue weighted by atomic mass is 16.4. The summed E-state index contributed by atoms with van der Waals surface area (Å²) >= 11 is 0. The fourth-order valence-corrected chi connectivity index (χ4v) is 1.68. The van der Waals surface area contributed by atoms with Crippen LogP contribution >= 0.6 is 0 Å². The van der Waals surface area contributed by atoms with Gasteiger partial charge in [0.15, 0.2) is 5.58 Å². The van der Waals surface area contributed by atoms with Crippen molar-refractivity contribution >= 4 is 16.8 Å². The maximum atomic E-state index is 11.3. The first-order valence-electron chi connectivity index (χ1n) is 5.09. The van der Waals surface area contributed by atoms with Crippen LogP contribution in [0, 0.1) is 0 Å². The van der Waals surface area contributed by atoms with E-state index in [0.29, 0.717) is 5.58 Å². The van der Waals surface area contributed by atoms with Gasteiger partial charge in [0.2, 0.25) is 0 Å². The largest absolute Gasteiger partial charge is 0.419 e. The van der Waals surface area contributed by atoms with Crippen LogP contribution < -0.4 is 16.0 Å². The van der Waals surface area contributed by atoms with E-state index < -0.39 is 0 Å². The summed E-state index contributed by atoms with van der Waals surface area (Å²) in [6.45, 7) is 0.747. The molecule has 0 saturated carbocycles. The predicted octanol–water partition coefficient (Wildman–Crippen LogP) is 0.745. The molecule has 1 N–H and O–H groups in total. The van der Waals surface area contributed by atoms with Gasteiger partial charge in [-0.2, -0.15) is 0 Å². The van der Waals surface area contributed by atoms with Gasteiger partial charge >= 0.3 is 5.76 Å². The van der Waals surface area contributed by atoms with E-state index in [1.165, 1.54) is 4.57 Å². The Hall–Kier alpha value is -1.75. The minimum absolute atomic E-state index is 0.330. The van der Waals surface area contributed by atoms with Gasteiger partial charge in [0, 0.05) is 19.8 Å². The van der Waals surface area contributed by atoms with E-state index in [-0.39, 0.29) is 5.76 Å². The first kappa shape index (κ1) is 10.8. The lowest BCUT2D eigenvalue weighted by atomic mass is 10.2. The van der Waals surface area contributed by atoms with Crippen molar-refractivity contribution < 1.29 is 4.42 Å². The zero-order chi connectivity index (χ0) is 11.7. The smallest absolute Gasteiger partial charge is 0.408 e. The highest BCUT2D eigenvalue weighted by Crippen LogP contribution is 2.19. The number of anilines is 1. The van der Waals surface area contributed by atoms with E-state index in [9.17, 15) is 4.79 Å². The van der Waals surface area contributed by atoms with Crippen molar-refractivity contribution in [2.75, 3.05) is 25.7 Å². The van der Waals surface area contributed by atoms with E-state index in [0.717, 1.165) is 17.9 Å². The molecule has 1 aromatic carbocycles. The Morgan fingerprint density at radius 3 is 2.94 bits per heavy atom. The second-order valence-corrected chi connectivity index (χ2v) is 3.79. The monoisotopic (exact) mass is 221 g/mol. The van der Waals surface area contributed by atoms with Crippen molar-refractivity contribution in [1.29, 1.82) is 0 Å². The Balaban J connectivity index is 2.50. The molecule has 5 heteroatoms. The van der Waals surface area contributed by atoms with Crippen LogP contribution in [-0.2, 0) is 7.05 Å². The molecule has 0 aliphatic heterocycles. The van der Waals surface area contributed by atoms with Gasteiger partial charge in [-0.3, -0.25) is 4.57 Å². The molecule has 0 unspecified atom stereocenters. The zero-order valence-electron chi connectivity index (χ0n) is 9.65. The third-order valence-electron chi connectivity index (χ3n) is 2.61. The number of fused-ring (bicyclic) bond motifs is 1. The van der Waals surface area contributed by atoms with Crippen LogP contribution in [0.2, 0.25) is 0 Å². The summed E-state index contributed by atoms with van der Waals surface area (Å²) in [5, 5.41) is 3.07. The molecule has 0 aliphatic rings. The van der Waals surface area contributed by atoms with Crippen molar-refractivity contribution in [3.05, 3.63) is 28.7 Å². The van der Waals surface area contributed by atoms with Gasteiger partial charge in [-0.1, -0.05) is 0 Å². The van der Waals surface area contributed by atoms with Gasteiger partial charge < -0.3 is 14.6 Å². The van der Waals surface area contributed by atoms with Crippen LogP contribution in [0.5, 0.6) is 0 Å². The number of rotatable bonds is 3. The van der Waals surface area contributed by atoms with Crippen molar-refractivity contribution in [1.82, 2.24) is 9.88 Å². The maximum absolute atomic E-state index is 11.3. The van der Waals surface area contributed by atoms with Crippen molar-refractivity contribution in [2.24, 2.45) is 7.05 Å². The second-order valence-electron chi connectivity index (χ2n) is 3.79. The number of nitrogens with one attached hydrogen (secondary N) is 1. The van der Waals surface area contributed by atoms with Gasteiger partial charge in [-0.15, -0.1) is 0 Å². The molecule has 2 aromatic rings. The molecule has 0 radical (unpaired) electrons. The summed E-state index contributed by atoms with van der Waals surface area (Å²) < 4.78 is 6.57. The number of aromatic nitrogens is 1. The number of hydrogen-bond donors (Lipinski definition) is 1. The fourth-order valence-electron chi connectivity index (χ4n) is 1.68.